The predicted octanol–water partition coefficient (Wildman–Crippen LogP) is 4.25. The van der Waals surface area contributed by atoms with Crippen molar-refractivity contribution in [2.45, 2.75) is 6.04 Å². The number of aromatic hydroxyl groups is 1. The molecule has 1 unspecified atom stereocenters. The largest absolute Gasteiger partial charge is 0.508 e. The van der Waals surface area contributed by atoms with Crippen molar-refractivity contribution in [1.29, 1.82) is 0 Å². The Labute approximate surface area is 150 Å². The van der Waals surface area contributed by atoms with Gasteiger partial charge < -0.3 is 9.84 Å². The molecule has 1 saturated heterocycles. The lowest BCUT2D eigenvalue weighted by atomic mass is 9.91. The summed E-state index contributed by atoms with van der Waals surface area (Å²) in [4.78, 5) is 2.14. The van der Waals surface area contributed by atoms with Crippen LogP contribution in [0.25, 0.3) is 10.8 Å². The van der Waals surface area contributed by atoms with Crippen molar-refractivity contribution < 1.29 is 18.6 Å². The monoisotopic (exact) mass is 355 g/mol. The molecular formula is C21H19F2NO2. The minimum Gasteiger partial charge on any atom is -0.508 e. The number of ether oxygens (including phenoxy) is 1. The average Bonchev–Trinajstić information content (AvgIpc) is 2.67. The lowest BCUT2D eigenvalue weighted by Gasteiger charge is -2.36. The first-order chi connectivity index (χ1) is 12.6. The average molecular weight is 355 g/mol. The van der Waals surface area contributed by atoms with E-state index in [9.17, 15) is 13.9 Å². The molecule has 26 heavy (non-hydrogen) atoms. The Hall–Kier alpha value is -2.50. The van der Waals surface area contributed by atoms with Gasteiger partial charge in [-0.15, -0.1) is 0 Å². The summed E-state index contributed by atoms with van der Waals surface area (Å²) >= 11 is 0. The Morgan fingerprint density at radius 3 is 2.46 bits per heavy atom. The van der Waals surface area contributed by atoms with Crippen molar-refractivity contribution in [2.75, 3.05) is 26.3 Å². The third-order valence-corrected chi connectivity index (χ3v) is 4.89. The topological polar surface area (TPSA) is 32.7 Å². The van der Waals surface area contributed by atoms with Gasteiger partial charge in [-0.1, -0.05) is 36.4 Å². The van der Waals surface area contributed by atoms with Gasteiger partial charge in [-0.2, -0.15) is 0 Å². The molecule has 3 aromatic carbocycles. The van der Waals surface area contributed by atoms with E-state index in [2.05, 4.69) is 4.90 Å². The van der Waals surface area contributed by atoms with E-state index in [4.69, 9.17) is 4.74 Å². The third-order valence-electron chi connectivity index (χ3n) is 4.89. The molecule has 134 valence electrons. The van der Waals surface area contributed by atoms with Gasteiger partial charge in [-0.25, -0.2) is 8.78 Å². The number of halogens is 2. The second kappa shape index (κ2) is 7.02. The molecule has 0 bridgehead atoms. The first kappa shape index (κ1) is 16.9. The molecule has 0 aromatic heterocycles. The summed E-state index contributed by atoms with van der Waals surface area (Å²) in [5, 5.41) is 12.6. The zero-order chi connectivity index (χ0) is 18.1. The van der Waals surface area contributed by atoms with E-state index in [1.807, 2.05) is 30.3 Å². The Morgan fingerprint density at radius 2 is 1.69 bits per heavy atom. The summed E-state index contributed by atoms with van der Waals surface area (Å²) in [5.74, 6) is -1.62. The van der Waals surface area contributed by atoms with Crippen molar-refractivity contribution in [2.24, 2.45) is 0 Å². The fourth-order valence-corrected chi connectivity index (χ4v) is 3.65. The molecule has 0 spiro atoms. The molecule has 1 heterocycles. The van der Waals surface area contributed by atoms with Gasteiger partial charge in [0.25, 0.3) is 0 Å². The van der Waals surface area contributed by atoms with Crippen LogP contribution in [0, 0.1) is 11.6 Å². The number of morpholine rings is 1. The first-order valence-electron chi connectivity index (χ1n) is 8.62. The summed E-state index contributed by atoms with van der Waals surface area (Å²) in [6, 6.07) is 14.8. The predicted molar refractivity (Wildman–Crippen MR) is 96.2 cm³/mol. The van der Waals surface area contributed by atoms with Crippen LogP contribution in [0.1, 0.15) is 17.2 Å². The minimum atomic E-state index is -0.888. The Kier molecular flexibility index (Phi) is 4.57. The minimum absolute atomic E-state index is 0.143. The van der Waals surface area contributed by atoms with Gasteiger partial charge in [0.15, 0.2) is 11.6 Å². The van der Waals surface area contributed by atoms with Crippen molar-refractivity contribution in [3.63, 3.8) is 0 Å². The van der Waals surface area contributed by atoms with Crippen LogP contribution in [-0.2, 0) is 4.74 Å². The molecular weight excluding hydrogens is 336 g/mol. The van der Waals surface area contributed by atoms with E-state index in [0.717, 1.165) is 16.8 Å². The zero-order valence-electron chi connectivity index (χ0n) is 14.2. The molecule has 1 N–H and O–H groups in total. The fraction of sp³-hybridized carbons (Fsp3) is 0.238. The van der Waals surface area contributed by atoms with Crippen molar-refractivity contribution in [1.82, 2.24) is 4.90 Å². The number of fused-ring (bicyclic) bond motifs is 1. The highest BCUT2D eigenvalue weighted by Crippen LogP contribution is 2.39. The highest BCUT2D eigenvalue weighted by Gasteiger charge is 2.28. The summed E-state index contributed by atoms with van der Waals surface area (Å²) < 4.78 is 32.9. The quantitative estimate of drug-likeness (QED) is 0.763. The maximum absolute atomic E-state index is 14.0. The molecule has 1 fully saturated rings. The lowest BCUT2D eigenvalue weighted by Crippen LogP contribution is -2.39. The number of benzene rings is 3. The van der Waals surface area contributed by atoms with E-state index >= 15 is 0 Å². The van der Waals surface area contributed by atoms with Crippen LogP contribution in [0.4, 0.5) is 8.78 Å². The van der Waals surface area contributed by atoms with Crippen molar-refractivity contribution in [3.8, 4) is 5.75 Å². The molecule has 3 nitrogen and oxygen atoms in total. The van der Waals surface area contributed by atoms with Crippen LogP contribution in [0.15, 0.2) is 54.6 Å². The van der Waals surface area contributed by atoms with Crippen LogP contribution in [-0.4, -0.2) is 36.3 Å². The van der Waals surface area contributed by atoms with Crippen LogP contribution in [0.3, 0.4) is 0 Å². The van der Waals surface area contributed by atoms with E-state index in [1.54, 1.807) is 12.1 Å². The zero-order valence-corrected chi connectivity index (χ0v) is 14.2. The van der Waals surface area contributed by atoms with Gasteiger partial charge in [-0.3, -0.25) is 4.90 Å². The Bertz CT molecular complexity index is 938. The molecule has 0 amide bonds. The van der Waals surface area contributed by atoms with Crippen molar-refractivity contribution >= 4 is 10.8 Å². The molecule has 3 aromatic rings. The molecule has 1 atom stereocenters. The fourth-order valence-electron chi connectivity index (χ4n) is 3.65. The number of phenolic OH excluding ortho intramolecular Hbond substituents is 1. The molecule has 0 aliphatic carbocycles. The maximum atomic E-state index is 14.0. The highest BCUT2D eigenvalue weighted by atomic mass is 19.2. The van der Waals surface area contributed by atoms with Crippen LogP contribution in [0.2, 0.25) is 0 Å². The highest BCUT2D eigenvalue weighted by molar-refractivity contribution is 5.88. The van der Waals surface area contributed by atoms with E-state index in [1.165, 1.54) is 6.07 Å². The van der Waals surface area contributed by atoms with Crippen LogP contribution >= 0.6 is 0 Å². The van der Waals surface area contributed by atoms with E-state index < -0.39 is 11.6 Å². The smallest absolute Gasteiger partial charge is 0.159 e. The summed E-state index contributed by atoms with van der Waals surface area (Å²) in [5.41, 5.74) is 1.31. The van der Waals surface area contributed by atoms with Gasteiger partial charge in [0.1, 0.15) is 5.75 Å². The maximum Gasteiger partial charge on any atom is 0.159 e. The number of rotatable bonds is 3. The Balaban J connectivity index is 1.93. The third kappa shape index (κ3) is 3.04. The molecule has 0 radical (unpaired) electrons. The van der Waals surface area contributed by atoms with E-state index in [-0.39, 0.29) is 11.8 Å². The standard InChI is InChI=1S/C21H19F2NO2/c22-17-7-5-15(13-18(17)23)21(24-9-11-26-12-10-24)20-16-4-2-1-3-14(16)6-8-19(20)25/h1-8,13,21,25H,9-12H2. The first-order valence-corrected chi connectivity index (χ1v) is 8.62. The lowest BCUT2D eigenvalue weighted by molar-refractivity contribution is 0.0237. The molecule has 0 saturated carbocycles. The molecule has 5 heteroatoms. The van der Waals surface area contributed by atoms with Crippen LogP contribution in [0.5, 0.6) is 5.75 Å². The molecule has 1 aliphatic heterocycles. The van der Waals surface area contributed by atoms with Gasteiger partial charge in [-0.05, 0) is 34.5 Å². The summed E-state index contributed by atoms with van der Waals surface area (Å²) in [7, 11) is 0. The summed E-state index contributed by atoms with van der Waals surface area (Å²) in [6.07, 6.45) is 0. The van der Waals surface area contributed by atoms with Gasteiger partial charge in [0, 0.05) is 18.7 Å². The van der Waals surface area contributed by atoms with Crippen molar-refractivity contribution in [3.05, 3.63) is 77.4 Å². The number of phenols is 1. The Morgan fingerprint density at radius 1 is 0.923 bits per heavy atom. The van der Waals surface area contributed by atoms with E-state index in [0.29, 0.717) is 37.4 Å². The molecule has 4 rings (SSSR count). The molecule has 1 aliphatic rings. The normalized spacial score (nSPS) is 16.7. The summed E-state index contributed by atoms with van der Waals surface area (Å²) in [6.45, 7) is 2.41. The van der Waals surface area contributed by atoms with Gasteiger partial charge in [0.2, 0.25) is 0 Å². The SMILES string of the molecule is Oc1ccc2ccccc2c1C(c1ccc(F)c(F)c1)N1CCOCC1. The number of nitrogens with zero attached hydrogens (tertiary/aromatic N) is 1. The van der Waals surface area contributed by atoms with Crippen LogP contribution < -0.4 is 0 Å². The second-order valence-electron chi connectivity index (χ2n) is 6.44. The van der Waals surface area contributed by atoms with Gasteiger partial charge >= 0.3 is 0 Å². The number of hydrogen-bond donors (Lipinski definition) is 1. The second-order valence-corrected chi connectivity index (χ2v) is 6.44. The number of hydrogen-bond acceptors (Lipinski definition) is 3. The van der Waals surface area contributed by atoms with Gasteiger partial charge in [0.05, 0.1) is 19.3 Å².